The van der Waals surface area contributed by atoms with Crippen molar-refractivity contribution in [3.8, 4) is 0 Å². The van der Waals surface area contributed by atoms with Crippen LogP contribution >= 0.6 is 0 Å². The highest BCUT2D eigenvalue weighted by Gasteiger charge is 2.25. The van der Waals surface area contributed by atoms with Gasteiger partial charge in [-0.3, -0.25) is 10.1 Å². The maximum atomic E-state index is 12.3. The minimum Gasteiger partial charge on any atom is -0.298 e. The van der Waals surface area contributed by atoms with Crippen molar-refractivity contribution >= 4 is 5.78 Å². The molecule has 1 rings (SSSR count). The molecule has 1 saturated heterocycles. The fourth-order valence-electron chi connectivity index (χ4n) is 1.02. The predicted octanol–water partition coefficient (Wildman–Crippen LogP) is 0.623. The van der Waals surface area contributed by atoms with Gasteiger partial charge in [-0.1, -0.05) is 0 Å². The molecule has 2 unspecified atom stereocenters. The molecule has 1 aliphatic heterocycles. The van der Waals surface area contributed by atoms with Crippen molar-refractivity contribution in [2.45, 2.75) is 32.1 Å². The third-order valence-electron chi connectivity index (χ3n) is 1.58. The number of ketones is 1. The van der Waals surface area contributed by atoms with Gasteiger partial charge in [0.1, 0.15) is 5.78 Å². The maximum Gasteiger partial charge on any atom is 0.151 e. The Hall–Kier alpha value is -0.440. The molecule has 2 nitrogen and oxygen atoms in total. The van der Waals surface area contributed by atoms with Crippen molar-refractivity contribution in [3.63, 3.8) is 0 Å². The number of halogens is 1. The Labute approximate surface area is 53.4 Å². The fourth-order valence-corrected chi connectivity index (χ4v) is 1.02. The van der Waals surface area contributed by atoms with Gasteiger partial charge in [0.15, 0.2) is 6.30 Å². The van der Waals surface area contributed by atoms with Crippen LogP contribution in [0.3, 0.4) is 0 Å². The van der Waals surface area contributed by atoms with E-state index in [4.69, 9.17) is 0 Å². The molecule has 1 fully saturated rings. The molecular weight excluding hydrogens is 121 g/mol. The monoisotopic (exact) mass is 131 g/mol. The van der Waals surface area contributed by atoms with Crippen molar-refractivity contribution in [2.24, 2.45) is 0 Å². The molecule has 1 heterocycles. The Bertz CT molecular complexity index is 126. The Morgan fingerprint density at radius 3 is 2.56 bits per heavy atom. The number of rotatable bonds is 1. The molecule has 0 radical (unpaired) electrons. The summed E-state index contributed by atoms with van der Waals surface area (Å²) in [4.78, 5) is 10.6. The van der Waals surface area contributed by atoms with Crippen LogP contribution in [-0.4, -0.2) is 18.1 Å². The van der Waals surface area contributed by atoms with Gasteiger partial charge in [-0.05, 0) is 19.8 Å². The highest BCUT2D eigenvalue weighted by molar-refractivity contribution is 5.81. The summed E-state index contributed by atoms with van der Waals surface area (Å²) in [7, 11) is 0. The first-order chi connectivity index (χ1) is 4.20. The van der Waals surface area contributed by atoms with E-state index in [1.807, 2.05) is 0 Å². The second kappa shape index (κ2) is 2.43. The molecule has 2 atom stereocenters. The van der Waals surface area contributed by atoms with Crippen molar-refractivity contribution in [3.05, 3.63) is 0 Å². The molecular formula is C6H10FNO. The normalized spacial score (nSPS) is 34.9. The first kappa shape index (κ1) is 6.68. The minimum atomic E-state index is -0.959. The van der Waals surface area contributed by atoms with Crippen LogP contribution in [0.5, 0.6) is 0 Å². The van der Waals surface area contributed by atoms with Crippen LogP contribution in [0.1, 0.15) is 19.8 Å². The van der Waals surface area contributed by atoms with Crippen molar-refractivity contribution in [2.75, 3.05) is 0 Å². The van der Waals surface area contributed by atoms with E-state index in [1.54, 1.807) is 0 Å². The molecule has 0 spiro atoms. The summed E-state index contributed by atoms with van der Waals surface area (Å²) < 4.78 is 12.3. The molecule has 0 saturated carbocycles. The predicted molar refractivity (Wildman–Crippen MR) is 31.7 cm³/mol. The van der Waals surface area contributed by atoms with E-state index in [0.717, 1.165) is 0 Å². The number of hydrogen-bond acceptors (Lipinski definition) is 2. The van der Waals surface area contributed by atoms with Crippen LogP contribution in [0.4, 0.5) is 4.39 Å². The summed E-state index contributed by atoms with van der Waals surface area (Å²) in [5.41, 5.74) is 0. The van der Waals surface area contributed by atoms with Crippen LogP contribution in [0.2, 0.25) is 0 Å². The van der Waals surface area contributed by atoms with Gasteiger partial charge in [0.25, 0.3) is 0 Å². The van der Waals surface area contributed by atoms with Crippen molar-refractivity contribution in [1.82, 2.24) is 5.32 Å². The fraction of sp³-hybridized carbons (Fsp3) is 0.833. The molecule has 1 N–H and O–H groups in total. The quantitative estimate of drug-likeness (QED) is 0.528. The van der Waals surface area contributed by atoms with Crippen molar-refractivity contribution in [1.29, 1.82) is 0 Å². The molecule has 0 bridgehead atoms. The lowest BCUT2D eigenvalue weighted by atomic mass is 10.2. The molecule has 0 amide bonds. The SMILES string of the molecule is CC(=O)C1CCC(F)N1. The van der Waals surface area contributed by atoms with Crippen LogP contribution in [-0.2, 0) is 4.79 Å². The Morgan fingerprint density at radius 2 is 2.33 bits per heavy atom. The second-order valence-corrected chi connectivity index (χ2v) is 2.37. The molecule has 0 aromatic heterocycles. The topological polar surface area (TPSA) is 29.1 Å². The Kier molecular flexibility index (Phi) is 1.81. The summed E-state index contributed by atoms with van der Waals surface area (Å²) in [5, 5.41) is 2.54. The first-order valence-corrected chi connectivity index (χ1v) is 3.10. The van der Waals surface area contributed by atoms with Gasteiger partial charge in [0.2, 0.25) is 0 Å². The molecule has 1 aliphatic rings. The number of Topliss-reactive ketones (excluding diaryl/α,β-unsaturated/α-hetero) is 1. The average Bonchev–Trinajstić information content (AvgIpc) is 2.14. The highest BCUT2D eigenvalue weighted by atomic mass is 19.1. The third-order valence-corrected chi connectivity index (χ3v) is 1.58. The third kappa shape index (κ3) is 1.48. The van der Waals surface area contributed by atoms with Gasteiger partial charge in [-0.2, -0.15) is 0 Å². The number of carbonyl (C=O) groups is 1. The maximum absolute atomic E-state index is 12.3. The summed E-state index contributed by atoms with van der Waals surface area (Å²) in [6.45, 7) is 1.48. The van der Waals surface area contributed by atoms with Crippen LogP contribution in [0.15, 0.2) is 0 Å². The van der Waals surface area contributed by atoms with Gasteiger partial charge < -0.3 is 0 Å². The van der Waals surface area contributed by atoms with Crippen LogP contribution < -0.4 is 5.32 Å². The average molecular weight is 131 g/mol. The first-order valence-electron chi connectivity index (χ1n) is 3.10. The van der Waals surface area contributed by atoms with E-state index < -0.39 is 6.30 Å². The Morgan fingerprint density at radius 1 is 1.67 bits per heavy atom. The smallest absolute Gasteiger partial charge is 0.151 e. The molecule has 9 heavy (non-hydrogen) atoms. The lowest BCUT2D eigenvalue weighted by molar-refractivity contribution is -0.118. The molecule has 3 heteroatoms. The summed E-state index contributed by atoms with van der Waals surface area (Å²) >= 11 is 0. The zero-order valence-electron chi connectivity index (χ0n) is 5.36. The number of carbonyl (C=O) groups excluding carboxylic acids is 1. The van der Waals surface area contributed by atoms with E-state index in [-0.39, 0.29) is 11.8 Å². The van der Waals surface area contributed by atoms with E-state index in [1.165, 1.54) is 6.92 Å². The van der Waals surface area contributed by atoms with Gasteiger partial charge >= 0.3 is 0 Å². The van der Waals surface area contributed by atoms with Gasteiger partial charge in [0, 0.05) is 0 Å². The van der Waals surface area contributed by atoms with Gasteiger partial charge in [0.05, 0.1) is 6.04 Å². The Balaban J connectivity index is 2.39. The summed E-state index contributed by atoms with van der Waals surface area (Å²) in [5.74, 6) is 0.0372. The van der Waals surface area contributed by atoms with Gasteiger partial charge in [-0.25, -0.2) is 4.39 Å². The van der Waals surface area contributed by atoms with Crippen LogP contribution in [0.25, 0.3) is 0 Å². The lowest BCUT2D eigenvalue weighted by Crippen LogP contribution is -2.31. The van der Waals surface area contributed by atoms with E-state index in [2.05, 4.69) is 5.32 Å². The van der Waals surface area contributed by atoms with E-state index in [0.29, 0.717) is 12.8 Å². The number of hydrogen-bond donors (Lipinski definition) is 1. The zero-order chi connectivity index (χ0) is 6.85. The summed E-state index contributed by atoms with van der Waals surface area (Å²) in [6.07, 6.45) is 0.166. The minimum absolute atomic E-state index is 0.0372. The molecule has 52 valence electrons. The number of nitrogens with one attached hydrogen (secondary N) is 1. The molecule has 0 aliphatic carbocycles. The highest BCUT2D eigenvalue weighted by Crippen LogP contribution is 2.12. The van der Waals surface area contributed by atoms with Crippen molar-refractivity contribution < 1.29 is 9.18 Å². The largest absolute Gasteiger partial charge is 0.298 e. The van der Waals surface area contributed by atoms with E-state index >= 15 is 0 Å². The summed E-state index contributed by atoms with van der Waals surface area (Å²) in [6, 6.07) is -0.222. The van der Waals surface area contributed by atoms with Gasteiger partial charge in [-0.15, -0.1) is 0 Å². The zero-order valence-corrected chi connectivity index (χ0v) is 5.36. The lowest BCUT2D eigenvalue weighted by Gasteiger charge is -2.03. The second-order valence-electron chi connectivity index (χ2n) is 2.37. The molecule has 0 aromatic carbocycles. The standard InChI is InChI=1S/C6H10FNO/c1-4(9)5-2-3-6(7)8-5/h5-6,8H,2-3H2,1H3. The molecule has 0 aromatic rings. The van der Waals surface area contributed by atoms with Crippen LogP contribution in [0, 0.1) is 0 Å². The number of alkyl halides is 1. The van der Waals surface area contributed by atoms with E-state index in [9.17, 15) is 9.18 Å².